The Labute approximate surface area is 115 Å². The molecule has 0 unspecified atom stereocenters. The Hall–Kier alpha value is -1.76. The predicted molar refractivity (Wildman–Crippen MR) is 76.2 cm³/mol. The number of anilines is 2. The normalized spacial score (nSPS) is 16.7. The second-order valence-corrected chi connectivity index (χ2v) is 6.32. The first-order valence-electron chi connectivity index (χ1n) is 6.10. The zero-order valence-electron chi connectivity index (χ0n) is 10.8. The van der Waals surface area contributed by atoms with E-state index in [4.69, 9.17) is 17.2 Å². The quantitative estimate of drug-likeness (QED) is 0.646. The van der Waals surface area contributed by atoms with Crippen molar-refractivity contribution in [2.24, 2.45) is 16.9 Å². The van der Waals surface area contributed by atoms with Crippen LogP contribution in [0.25, 0.3) is 0 Å². The number of amides is 2. The van der Waals surface area contributed by atoms with Crippen molar-refractivity contribution in [2.45, 2.75) is 26.2 Å². The van der Waals surface area contributed by atoms with Crippen molar-refractivity contribution in [1.29, 1.82) is 0 Å². The van der Waals surface area contributed by atoms with Gasteiger partial charge in [-0.3, -0.25) is 9.59 Å². The van der Waals surface area contributed by atoms with E-state index in [-0.39, 0.29) is 21.5 Å². The third-order valence-corrected chi connectivity index (χ3v) is 4.83. The van der Waals surface area contributed by atoms with Gasteiger partial charge in [0.05, 0.1) is 11.3 Å². The molecule has 1 saturated carbocycles. The van der Waals surface area contributed by atoms with Crippen molar-refractivity contribution in [3.8, 4) is 0 Å². The van der Waals surface area contributed by atoms with Crippen LogP contribution < -0.4 is 22.5 Å². The maximum absolute atomic E-state index is 11.4. The molecular formula is C12H18N4O2S. The van der Waals surface area contributed by atoms with Gasteiger partial charge in [-0.1, -0.05) is 13.3 Å². The van der Waals surface area contributed by atoms with Crippen molar-refractivity contribution in [2.75, 3.05) is 17.6 Å². The summed E-state index contributed by atoms with van der Waals surface area (Å²) in [6.45, 7) is 2.91. The number of nitrogens with one attached hydrogen (secondary N) is 1. The van der Waals surface area contributed by atoms with Crippen LogP contribution >= 0.6 is 11.3 Å². The van der Waals surface area contributed by atoms with Crippen molar-refractivity contribution in [3.05, 3.63) is 10.4 Å². The molecular weight excluding hydrogens is 264 g/mol. The summed E-state index contributed by atoms with van der Waals surface area (Å²) in [7, 11) is 0. The maximum atomic E-state index is 11.4. The number of nitrogen functional groups attached to an aromatic ring is 1. The summed E-state index contributed by atoms with van der Waals surface area (Å²) in [6, 6.07) is 0. The Morgan fingerprint density at radius 1 is 1.32 bits per heavy atom. The van der Waals surface area contributed by atoms with E-state index in [0.717, 1.165) is 30.7 Å². The van der Waals surface area contributed by atoms with Gasteiger partial charge in [0.15, 0.2) is 0 Å². The van der Waals surface area contributed by atoms with Gasteiger partial charge in [0.2, 0.25) is 0 Å². The Balaban J connectivity index is 2.25. The highest BCUT2D eigenvalue weighted by Crippen LogP contribution is 2.42. The SMILES string of the molecule is CC1(CNc2sc(C(N)=O)c(N)c2C(N)=O)CCC1. The van der Waals surface area contributed by atoms with Crippen molar-refractivity contribution >= 4 is 33.8 Å². The van der Waals surface area contributed by atoms with Crippen LogP contribution in [0.1, 0.15) is 46.2 Å². The molecule has 6 nitrogen and oxygen atoms in total. The van der Waals surface area contributed by atoms with Gasteiger partial charge in [-0.05, 0) is 18.3 Å². The molecule has 0 saturated heterocycles. The third-order valence-electron chi connectivity index (χ3n) is 3.65. The molecule has 0 spiro atoms. The molecule has 2 amide bonds. The van der Waals surface area contributed by atoms with Crippen molar-refractivity contribution in [3.63, 3.8) is 0 Å². The maximum Gasteiger partial charge on any atom is 0.260 e. The predicted octanol–water partition coefficient (Wildman–Crippen LogP) is 1.13. The second-order valence-electron chi connectivity index (χ2n) is 5.30. The van der Waals surface area contributed by atoms with E-state index in [2.05, 4.69) is 12.2 Å². The first kappa shape index (κ1) is 13.7. The van der Waals surface area contributed by atoms with Gasteiger partial charge < -0.3 is 22.5 Å². The van der Waals surface area contributed by atoms with Gasteiger partial charge in [-0.25, -0.2) is 0 Å². The first-order valence-corrected chi connectivity index (χ1v) is 6.91. The number of carbonyl (C=O) groups excluding carboxylic acids is 2. The summed E-state index contributed by atoms with van der Waals surface area (Å²) in [5.74, 6) is -1.30. The minimum Gasteiger partial charge on any atom is -0.397 e. The molecule has 1 aromatic heterocycles. The molecule has 1 aliphatic rings. The number of hydrogen-bond donors (Lipinski definition) is 4. The molecule has 0 aliphatic heterocycles. The summed E-state index contributed by atoms with van der Waals surface area (Å²) >= 11 is 1.09. The molecule has 2 rings (SSSR count). The highest BCUT2D eigenvalue weighted by Gasteiger charge is 2.32. The summed E-state index contributed by atoms with van der Waals surface area (Å²) in [5.41, 5.74) is 16.8. The lowest BCUT2D eigenvalue weighted by molar-refractivity contribution is 0.0999. The summed E-state index contributed by atoms with van der Waals surface area (Å²) in [5, 5.41) is 3.72. The van der Waals surface area contributed by atoms with E-state index < -0.39 is 11.8 Å². The fourth-order valence-electron chi connectivity index (χ4n) is 2.25. The number of hydrogen-bond acceptors (Lipinski definition) is 5. The van der Waals surface area contributed by atoms with Crippen molar-refractivity contribution < 1.29 is 9.59 Å². The molecule has 1 heterocycles. The number of thiophene rings is 1. The third kappa shape index (κ3) is 2.51. The van der Waals surface area contributed by atoms with Crippen LogP contribution in [0.3, 0.4) is 0 Å². The monoisotopic (exact) mass is 282 g/mol. The molecule has 0 atom stereocenters. The largest absolute Gasteiger partial charge is 0.397 e. The molecule has 0 aromatic carbocycles. The minimum absolute atomic E-state index is 0.0752. The van der Waals surface area contributed by atoms with Gasteiger partial charge in [0.1, 0.15) is 9.88 Å². The molecule has 0 radical (unpaired) electrons. The van der Waals surface area contributed by atoms with Gasteiger partial charge in [-0.15, -0.1) is 11.3 Å². The highest BCUT2D eigenvalue weighted by molar-refractivity contribution is 7.19. The molecule has 7 heteroatoms. The molecule has 1 aromatic rings. The Bertz CT molecular complexity index is 534. The number of rotatable bonds is 5. The highest BCUT2D eigenvalue weighted by atomic mass is 32.1. The lowest BCUT2D eigenvalue weighted by Gasteiger charge is -2.38. The Morgan fingerprint density at radius 3 is 2.37 bits per heavy atom. The number of primary amides is 2. The minimum atomic E-state index is -0.650. The zero-order chi connectivity index (χ0) is 14.2. The Kier molecular flexibility index (Phi) is 3.40. The smallest absolute Gasteiger partial charge is 0.260 e. The first-order chi connectivity index (χ1) is 8.84. The van der Waals surface area contributed by atoms with E-state index in [9.17, 15) is 9.59 Å². The topological polar surface area (TPSA) is 124 Å². The lowest BCUT2D eigenvalue weighted by atomic mass is 9.70. The van der Waals surface area contributed by atoms with E-state index in [1.54, 1.807) is 0 Å². The van der Waals surface area contributed by atoms with Crippen LogP contribution in [0.15, 0.2) is 0 Å². The molecule has 104 valence electrons. The second kappa shape index (κ2) is 4.73. The molecule has 7 N–H and O–H groups in total. The van der Waals surface area contributed by atoms with E-state index >= 15 is 0 Å². The van der Waals surface area contributed by atoms with Gasteiger partial charge in [0, 0.05) is 6.54 Å². The summed E-state index contributed by atoms with van der Waals surface area (Å²) < 4.78 is 0. The average Bonchev–Trinajstić information content (AvgIpc) is 2.61. The van der Waals surface area contributed by atoms with E-state index in [0.29, 0.717) is 5.00 Å². The lowest BCUT2D eigenvalue weighted by Crippen LogP contribution is -2.33. The van der Waals surface area contributed by atoms with Gasteiger partial charge in [0.25, 0.3) is 11.8 Å². The molecule has 1 aliphatic carbocycles. The fraction of sp³-hybridized carbons (Fsp3) is 0.500. The average molecular weight is 282 g/mol. The van der Waals surface area contributed by atoms with Crippen LogP contribution in [-0.2, 0) is 0 Å². The van der Waals surface area contributed by atoms with Crippen LogP contribution in [0.2, 0.25) is 0 Å². The summed E-state index contributed by atoms with van der Waals surface area (Å²) in [6.07, 6.45) is 3.52. The van der Waals surface area contributed by atoms with E-state index in [1.807, 2.05) is 0 Å². The summed E-state index contributed by atoms with van der Waals surface area (Å²) in [4.78, 5) is 22.9. The van der Waals surface area contributed by atoms with Crippen LogP contribution in [-0.4, -0.2) is 18.4 Å². The zero-order valence-corrected chi connectivity index (χ0v) is 11.6. The molecule has 19 heavy (non-hydrogen) atoms. The van der Waals surface area contributed by atoms with Crippen LogP contribution in [0, 0.1) is 5.41 Å². The van der Waals surface area contributed by atoms with Gasteiger partial charge in [-0.2, -0.15) is 0 Å². The van der Waals surface area contributed by atoms with Crippen LogP contribution in [0.5, 0.6) is 0 Å². The molecule has 0 bridgehead atoms. The van der Waals surface area contributed by atoms with Gasteiger partial charge >= 0.3 is 0 Å². The standard InChI is InChI=1S/C12H18N4O2S/c1-12(3-2-4-12)5-16-11-6(9(14)17)7(13)8(19-11)10(15)18/h16H,2-5,13H2,1H3,(H2,14,17)(H2,15,18). The number of nitrogens with two attached hydrogens (primary N) is 3. The number of carbonyl (C=O) groups is 2. The fourth-order valence-corrected chi connectivity index (χ4v) is 3.22. The molecule has 1 fully saturated rings. The van der Waals surface area contributed by atoms with E-state index in [1.165, 1.54) is 6.42 Å². The Morgan fingerprint density at radius 2 is 1.95 bits per heavy atom. The van der Waals surface area contributed by atoms with Crippen LogP contribution in [0.4, 0.5) is 10.7 Å². The van der Waals surface area contributed by atoms with Crippen molar-refractivity contribution in [1.82, 2.24) is 0 Å².